The van der Waals surface area contributed by atoms with E-state index in [1.54, 1.807) is 0 Å². The number of nitrogens with zero attached hydrogens (tertiary/aromatic N) is 2. The maximum atomic E-state index is 11.6. The molecule has 0 aliphatic carbocycles. The number of allylic oxidation sites excluding steroid dienone is 1. The predicted octanol–water partition coefficient (Wildman–Crippen LogP) is 3.25. The highest BCUT2D eigenvalue weighted by molar-refractivity contribution is 5.99. The maximum absolute atomic E-state index is 11.6. The Kier molecular flexibility index (Phi) is 8.83. The van der Waals surface area contributed by atoms with Crippen molar-refractivity contribution < 1.29 is 9.90 Å². The number of rotatable bonds is 9. The number of piperidine rings is 1. The maximum Gasteiger partial charge on any atom is 0.247 e. The number of carbonyl (C=O) groups excluding carboxylic acids is 1. The lowest BCUT2D eigenvalue weighted by Gasteiger charge is -2.38. The van der Waals surface area contributed by atoms with Crippen LogP contribution in [-0.2, 0) is 11.3 Å². The topological polar surface area (TPSA) is 113 Å². The van der Waals surface area contributed by atoms with E-state index in [2.05, 4.69) is 27.4 Å². The summed E-state index contributed by atoms with van der Waals surface area (Å²) in [5.41, 5.74) is 2.54. The SMILES string of the molecule is C=CC(=O)Nc1cccc(CNC2=CC(N3CCCC[C@H]3CCO)=N/C(=C(/C=N)CC)N2)c1. The summed E-state index contributed by atoms with van der Waals surface area (Å²) in [6, 6.07) is 7.90. The highest BCUT2D eigenvalue weighted by Gasteiger charge is 2.26. The van der Waals surface area contributed by atoms with Gasteiger partial charge in [-0.05, 0) is 55.9 Å². The van der Waals surface area contributed by atoms with Gasteiger partial charge in [-0.3, -0.25) is 4.79 Å². The van der Waals surface area contributed by atoms with Gasteiger partial charge < -0.3 is 31.4 Å². The molecule has 3 rings (SSSR count). The molecule has 2 heterocycles. The average Bonchev–Trinajstić information content (AvgIpc) is 2.84. The molecule has 8 heteroatoms. The summed E-state index contributed by atoms with van der Waals surface area (Å²) in [4.78, 5) is 18.7. The zero-order valence-electron chi connectivity index (χ0n) is 19.2. The molecule has 1 fully saturated rings. The van der Waals surface area contributed by atoms with E-state index < -0.39 is 0 Å². The van der Waals surface area contributed by atoms with Crippen LogP contribution in [-0.4, -0.2) is 47.2 Å². The van der Waals surface area contributed by atoms with E-state index in [1.165, 1.54) is 12.3 Å². The zero-order chi connectivity index (χ0) is 23.6. The molecular weight excluding hydrogens is 416 g/mol. The first-order chi connectivity index (χ1) is 16.1. The normalized spacial score (nSPS) is 19.6. The number of amidine groups is 1. The lowest BCUT2D eigenvalue weighted by molar-refractivity contribution is -0.111. The van der Waals surface area contributed by atoms with Crippen LogP contribution in [0.4, 0.5) is 5.69 Å². The predicted molar refractivity (Wildman–Crippen MR) is 133 cm³/mol. The summed E-state index contributed by atoms with van der Waals surface area (Å²) >= 11 is 0. The quantitative estimate of drug-likeness (QED) is 0.293. The highest BCUT2D eigenvalue weighted by Crippen LogP contribution is 2.23. The van der Waals surface area contributed by atoms with Crippen LogP contribution in [0.15, 0.2) is 65.2 Å². The Morgan fingerprint density at radius 3 is 3.00 bits per heavy atom. The molecule has 8 nitrogen and oxygen atoms in total. The summed E-state index contributed by atoms with van der Waals surface area (Å²) in [5, 5.41) is 26.9. The van der Waals surface area contributed by atoms with E-state index in [0.717, 1.165) is 55.0 Å². The monoisotopic (exact) mass is 450 g/mol. The molecule has 176 valence electrons. The smallest absolute Gasteiger partial charge is 0.247 e. The highest BCUT2D eigenvalue weighted by atomic mass is 16.3. The van der Waals surface area contributed by atoms with Crippen molar-refractivity contribution in [3.05, 3.63) is 65.8 Å². The van der Waals surface area contributed by atoms with E-state index in [0.29, 0.717) is 24.5 Å². The number of aliphatic hydroxyl groups is 1. The lowest BCUT2D eigenvalue weighted by Crippen LogP contribution is -2.45. The molecule has 2 aliphatic rings. The standard InChI is InChI=1S/C25H34N6O2/c1-3-19(16-26)25-29-22(15-23(30-25)31-12-6-5-10-21(31)11-13-32)27-17-18-8-7-9-20(14-18)28-24(33)4-2/h4,7-9,14-16,21,26-27,29,32H,2-3,5-6,10-13,17H2,1H3,(H,28,33)/b25-19+,26-16?/t21-/m0/s1. The van der Waals surface area contributed by atoms with Crippen molar-refractivity contribution in [2.45, 2.75) is 51.6 Å². The fraction of sp³-hybridized carbons (Fsp3) is 0.400. The van der Waals surface area contributed by atoms with Gasteiger partial charge in [0.2, 0.25) is 5.91 Å². The Balaban J connectivity index is 1.82. The number of nitrogens with one attached hydrogen (secondary N) is 4. The Labute approximate surface area is 195 Å². The number of hydrogen-bond donors (Lipinski definition) is 5. The molecule has 0 spiro atoms. The van der Waals surface area contributed by atoms with Crippen LogP contribution >= 0.6 is 0 Å². The molecule has 0 unspecified atom stereocenters. The van der Waals surface area contributed by atoms with Gasteiger partial charge in [-0.25, -0.2) is 4.99 Å². The van der Waals surface area contributed by atoms with Gasteiger partial charge in [0.05, 0.1) is 0 Å². The summed E-state index contributed by atoms with van der Waals surface area (Å²) in [5.74, 6) is 2.08. The van der Waals surface area contributed by atoms with Crippen LogP contribution in [0, 0.1) is 5.41 Å². The number of aliphatic imine (C=N–C) groups is 1. The second-order valence-corrected chi connectivity index (χ2v) is 8.13. The molecule has 2 aliphatic heterocycles. The number of amides is 1. The Morgan fingerprint density at radius 1 is 1.42 bits per heavy atom. The first-order valence-electron chi connectivity index (χ1n) is 11.5. The number of carbonyl (C=O) groups is 1. The van der Waals surface area contributed by atoms with Crippen molar-refractivity contribution in [2.24, 2.45) is 4.99 Å². The second kappa shape index (κ2) is 12.0. The van der Waals surface area contributed by atoms with Crippen LogP contribution in [0.3, 0.4) is 0 Å². The van der Waals surface area contributed by atoms with Gasteiger partial charge in [-0.15, -0.1) is 0 Å². The van der Waals surface area contributed by atoms with Gasteiger partial charge in [0.1, 0.15) is 17.5 Å². The molecule has 5 N–H and O–H groups in total. The first kappa shape index (κ1) is 24.3. The van der Waals surface area contributed by atoms with Gasteiger partial charge >= 0.3 is 0 Å². The van der Waals surface area contributed by atoms with Crippen LogP contribution in [0.2, 0.25) is 0 Å². The number of hydrogen-bond acceptors (Lipinski definition) is 7. The van der Waals surface area contributed by atoms with Gasteiger partial charge in [0.15, 0.2) is 0 Å². The lowest BCUT2D eigenvalue weighted by atomic mass is 9.99. The van der Waals surface area contributed by atoms with Gasteiger partial charge in [-0.2, -0.15) is 0 Å². The van der Waals surface area contributed by atoms with Crippen molar-refractivity contribution >= 4 is 23.6 Å². The summed E-state index contributed by atoms with van der Waals surface area (Å²) in [7, 11) is 0. The van der Waals surface area contributed by atoms with Gasteiger partial charge in [0.25, 0.3) is 0 Å². The number of anilines is 1. The Bertz CT molecular complexity index is 963. The fourth-order valence-electron chi connectivity index (χ4n) is 4.10. The molecule has 1 aromatic rings. The van der Waals surface area contributed by atoms with Crippen molar-refractivity contribution in [1.82, 2.24) is 15.5 Å². The minimum atomic E-state index is -0.245. The zero-order valence-corrected chi connectivity index (χ0v) is 19.2. The van der Waals surface area contributed by atoms with E-state index >= 15 is 0 Å². The van der Waals surface area contributed by atoms with E-state index in [1.807, 2.05) is 37.3 Å². The van der Waals surface area contributed by atoms with Gasteiger partial charge in [-0.1, -0.05) is 25.6 Å². The Hall–Kier alpha value is -3.39. The van der Waals surface area contributed by atoms with Gasteiger partial charge in [0, 0.05) is 49.3 Å². The minimum Gasteiger partial charge on any atom is -0.396 e. The second-order valence-electron chi connectivity index (χ2n) is 8.13. The minimum absolute atomic E-state index is 0.156. The molecule has 0 bridgehead atoms. The third kappa shape index (κ3) is 6.55. The molecule has 0 aromatic heterocycles. The molecule has 0 saturated carbocycles. The van der Waals surface area contributed by atoms with Crippen LogP contribution in [0.5, 0.6) is 0 Å². The third-order valence-electron chi connectivity index (χ3n) is 5.86. The molecule has 1 saturated heterocycles. The van der Waals surface area contributed by atoms with Crippen LogP contribution < -0.4 is 16.0 Å². The molecule has 1 atom stereocenters. The van der Waals surface area contributed by atoms with Crippen LogP contribution in [0.25, 0.3) is 0 Å². The van der Waals surface area contributed by atoms with E-state index in [4.69, 9.17) is 10.4 Å². The first-order valence-corrected chi connectivity index (χ1v) is 11.5. The largest absolute Gasteiger partial charge is 0.396 e. The Morgan fingerprint density at radius 2 is 2.27 bits per heavy atom. The average molecular weight is 451 g/mol. The number of aliphatic hydroxyl groups excluding tert-OH is 1. The van der Waals surface area contributed by atoms with E-state index in [-0.39, 0.29) is 18.6 Å². The summed E-state index contributed by atoms with van der Waals surface area (Å²) < 4.78 is 0. The fourth-order valence-corrected chi connectivity index (χ4v) is 4.10. The number of benzene rings is 1. The molecule has 1 amide bonds. The van der Waals surface area contributed by atoms with Crippen LogP contribution in [0.1, 0.15) is 44.6 Å². The molecule has 1 aromatic carbocycles. The van der Waals surface area contributed by atoms with E-state index in [9.17, 15) is 9.90 Å². The van der Waals surface area contributed by atoms with Crippen molar-refractivity contribution in [3.8, 4) is 0 Å². The van der Waals surface area contributed by atoms with Crippen molar-refractivity contribution in [1.29, 1.82) is 5.41 Å². The van der Waals surface area contributed by atoms with Crippen molar-refractivity contribution in [2.75, 3.05) is 18.5 Å². The third-order valence-corrected chi connectivity index (χ3v) is 5.86. The molecule has 0 radical (unpaired) electrons. The molecular formula is C25H34N6O2. The number of likely N-dealkylation sites (tertiary alicyclic amines) is 1. The summed E-state index contributed by atoms with van der Waals surface area (Å²) in [6.45, 7) is 7.09. The van der Waals surface area contributed by atoms with Crippen molar-refractivity contribution in [3.63, 3.8) is 0 Å². The summed E-state index contributed by atoms with van der Waals surface area (Å²) in [6.07, 6.45) is 9.30. The molecule has 33 heavy (non-hydrogen) atoms.